The lowest BCUT2D eigenvalue weighted by Gasteiger charge is -2.18. The summed E-state index contributed by atoms with van der Waals surface area (Å²) in [6.07, 6.45) is 4.86. The van der Waals surface area contributed by atoms with Crippen molar-refractivity contribution in [3.8, 4) is 17.0 Å². The van der Waals surface area contributed by atoms with Gasteiger partial charge in [-0.3, -0.25) is 4.79 Å². The number of anilines is 4. The monoisotopic (exact) mass is 457 g/mol. The molecule has 1 amide bonds. The topological polar surface area (TPSA) is 116 Å². The molecule has 174 valence electrons. The van der Waals surface area contributed by atoms with E-state index in [0.717, 1.165) is 34.4 Å². The summed E-state index contributed by atoms with van der Waals surface area (Å²) in [6.45, 7) is 4.96. The number of likely N-dealkylation sites (N-methyl/N-ethyl adjacent to an activating group) is 1. The summed E-state index contributed by atoms with van der Waals surface area (Å²) < 4.78 is 5.60. The number of rotatable bonds is 10. The van der Waals surface area contributed by atoms with Crippen LogP contribution in [0.15, 0.2) is 67.5 Å². The zero-order valence-corrected chi connectivity index (χ0v) is 19.1. The fraction of sp³-hybridized carbons (Fsp3) is 0.160. The molecule has 34 heavy (non-hydrogen) atoms. The average Bonchev–Trinajstić information content (AvgIpc) is 3.29. The Labute approximate surface area is 197 Å². The highest BCUT2D eigenvalue weighted by Gasteiger charge is 2.14. The van der Waals surface area contributed by atoms with E-state index in [0.29, 0.717) is 29.6 Å². The predicted molar refractivity (Wildman–Crippen MR) is 137 cm³/mol. The summed E-state index contributed by atoms with van der Waals surface area (Å²) in [6, 6.07) is 13.5. The molecule has 0 bridgehead atoms. The van der Waals surface area contributed by atoms with E-state index in [2.05, 4.69) is 37.8 Å². The Morgan fingerprint density at radius 3 is 2.79 bits per heavy atom. The Balaban J connectivity index is 1.67. The molecule has 9 nitrogen and oxygen atoms in total. The molecule has 0 aliphatic rings. The number of nitrogens with one attached hydrogen (secondary N) is 5. The molecular weight excluding hydrogens is 430 g/mol. The third-order valence-corrected chi connectivity index (χ3v) is 5.24. The number of carbonyl (C=O) groups excluding carboxylic acids is 1. The van der Waals surface area contributed by atoms with E-state index < -0.39 is 0 Å². The van der Waals surface area contributed by atoms with Crippen LogP contribution in [0.1, 0.15) is 0 Å². The lowest BCUT2D eigenvalue weighted by Crippen LogP contribution is -2.19. The van der Waals surface area contributed by atoms with E-state index in [1.165, 1.54) is 6.08 Å². The van der Waals surface area contributed by atoms with Crippen molar-refractivity contribution in [3.05, 3.63) is 67.5 Å². The van der Waals surface area contributed by atoms with Gasteiger partial charge in [0.15, 0.2) is 0 Å². The number of H-pyrrole nitrogens is 1. The van der Waals surface area contributed by atoms with Gasteiger partial charge in [-0.15, -0.1) is 0 Å². The third-order valence-electron chi connectivity index (χ3n) is 5.24. The molecule has 0 saturated carbocycles. The Morgan fingerprint density at radius 2 is 2.00 bits per heavy atom. The van der Waals surface area contributed by atoms with Crippen molar-refractivity contribution in [1.29, 1.82) is 0 Å². The first-order valence-corrected chi connectivity index (χ1v) is 10.8. The van der Waals surface area contributed by atoms with Crippen LogP contribution in [0, 0.1) is 0 Å². The number of para-hydroxylation sites is 1. The Hall–Kier alpha value is -4.37. The minimum atomic E-state index is -0.314. The molecule has 0 aliphatic carbocycles. The van der Waals surface area contributed by atoms with Crippen molar-refractivity contribution in [1.82, 2.24) is 20.3 Å². The van der Waals surface area contributed by atoms with Crippen LogP contribution in [0.25, 0.3) is 22.2 Å². The van der Waals surface area contributed by atoms with Gasteiger partial charge in [-0.2, -0.15) is 0 Å². The van der Waals surface area contributed by atoms with E-state index >= 15 is 0 Å². The number of carbonyl (C=O) groups is 1. The van der Waals surface area contributed by atoms with E-state index in [9.17, 15) is 4.79 Å². The number of ether oxygens (including phenoxy) is 1. The van der Waals surface area contributed by atoms with Crippen molar-refractivity contribution in [2.75, 3.05) is 43.2 Å². The maximum atomic E-state index is 12.0. The van der Waals surface area contributed by atoms with Crippen LogP contribution in [-0.4, -0.2) is 48.1 Å². The minimum absolute atomic E-state index is 0.314. The molecule has 9 heteroatoms. The van der Waals surface area contributed by atoms with E-state index in [4.69, 9.17) is 9.72 Å². The number of amides is 1. The lowest BCUT2D eigenvalue weighted by molar-refractivity contribution is -0.111. The number of methoxy groups -OCH3 is 1. The number of fused-ring (bicyclic) bond motifs is 1. The molecule has 0 unspecified atom stereocenters. The lowest BCUT2D eigenvalue weighted by atomic mass is 10.1. The van der Waals surface area contributed by atoms with E-state index in [-0.39, 0.29) is 5.91 Å². The van der Waals surface area contributed by atoms with Crippen LogP contribution in [-0.2, 0) is 4.79 Å². The minimum Gasteiger partial charge on any atom is -0.494 e. The molecular formula is C25H27N7O2. The predicted octanol–water partition coefficient (Wildman–Crippen LogP) is 4.13. The summed E-state index contributed by atoms with van der Waals surface area (Å²) in [5.74, 6) is 0.660. The van der Waals surface area contributed by atoms with Crippen LogP contribution in [0.3, 0.4) is 0 Å². The van der Waals surface area contributed by atoms with Crippen LogP contribution in [0.4, 0.5) is 23.0 Å². The van der Waals surface area contributed by atoms with Gasteiger partial charge in [-0.25, -0.2) is 9.97 Å². The third kappa shape index (κ3) is 5.00. The number of hydrogen-bond acceptors (Lipinski definition) is 7. The number of aromatic amines is 1. The number of benzene rings is 2. The molecule has 0 aliphatic heterocycles. The standard InChI is InChI=1S/C25H27N7O2/c1-4-24(33)30-21-13-22(23(34-3)14-20(21)27-12-11-26-2)32-25-28-10-9-19(31-25)17-15-29-18-8-6-5-7-16(17)18/h4-10,13-15,26-27,29H,1,11-12H2,2-3H3,(H,30,33)(H,28,31,32). The summed E-state index contributed by atoms with van der Waals surface area (Å²) in [5.41, 5.74) is 4.71. The second-order valence-electron chi connectivity index (χ2n) is 7.46. The maximum absolute atomic E-state index is 12.0. The molecule has 2 aromatic heterocycles. The molecule has 0 saturated heterocycles. The molecule has 2 aromatic carbocycles. The van der Waals surface area contributed by atoms with Gasteiger partial charge in [0.2, 0.25) is 11.9 Å². The van der Waals surface area contributed by atoms with Gasteiger partial charge in [0.05, 0.1) is 29.9 Å². The Morgan fingerprint density at radius 1 is 1.15 bits per heavy atom. The van der Waals surface area contributed by atoms with Crippen molar-refractivity contribution in [3.63, 3.8) is 0 Å². The number of nitrogens with zero attached hydrogens (tertiary/aromatic N) is 2. The summed E-state index contributed by atoms with van der Waals surface area (Å²) in [7, 11) is 3.46. The van der Waals surface area contributed by atoms with Crippen molar-refractivity contribution >= 4 is 39.8 Å². The first-order chi connectivity index (χ1) is 16.6. The van der Waals surface area contributed by atoms with Gasteiger partial charge in [-0.05, 0) is 31.3 Å². The van der Waals surface area contributed by atoms with Crippen molar-refractivity contribution in [2.24, 2.45) is 0 Å². The van der Waals surface area contributed by atoms with Crippen LogP contribution >= 0.6 is 0 Å². The normalized spacial score (nSPS) is 10.6. The molecule has 0 radical (unpaired) electrons. The van der Waals surface area contributed by atoms with Crippen LogP contribution < -0.4 is 26.0 Å². The van der Waals surface area contributed by atoms with Gasteiger partial charge in [0.25, 0.3) is 0 Å². The zero-order valence-electron chi connectivity index (χ0n) is 19.1. The highest BCUT2D eigenvalue weighted by Crippen LogP contribution is 2.36. The van der Waals surface area contributed by atoms with Crippen LogP contribution in [0.5, 0.6) is 5.75 Å². The molecule has 4 rings (SSSR count). The number of hydrogen-bond donors (Lipinski definition) is 5. The van der Waals surface area contributed by atoms with Gasteiger partial charge in [0, 0.05) is 48.0 Å². The average molecular weight is 458 g/mol. The first-order valence-electron chi connectivity index (χ1n) is 10.8. The van der Waals surface area contributed by atoms with Crippen molar-refractivity contribution in [2.45, 2.75) is 0 Å². The molecule has 2 heterocycles. The molecule has 0 fully saturated rings. The fourth-order valence-electron chi connectivity index (χ4n) is 3.57. The van der Waals surface area contributed by atoms with Gasteiger partial charge in [0.1, 0.15) is 5.75 Å². The number of aromatic nitrogens is 3. The van der Waals surface area contributed by atoms with Crippen LogP contribution in [0.2, 0.25) is 0 Å². The fourth-order valence-corrected chi connectivity index (χ4v) is 3.57. The Kier molecular flexibility index (Phi) is 7.04. The highest BCUT2D eigenvalue weighted by molar-refractivity contribution is 6.02. The first kappa shape index (κ1) is 22.8. The highest BCUT2D eigenvalue weighted by atomic mass is 16.5. The van der Waals surface area contributed by atoms with E-state index in [1.807, 2.05) is 49.6 Å². The van der Waals surface area contributed by atoms with Crippen molar-refractivity contribution < 1.29 is 9.53 Å². The second kappa shape index (κ2) is 10.5. The smallest absolute Gasteiger partial charge is 0.247 e. The summed E-state index contributed by atoms with van der Waals surface area (Å²) in [5, 5.41) is 13.5. The van der Waals surface area contributed by atoms with Gasteiger partial charge < -0.3 is 31.0 Å². The SMILES string of the molecule is C=CC(=O)Nc1cc(Nc2nccc(-c3c[nH]c4ccccc34)n2)c(OC)cc1NCCNC. The second-order valence-corrected chi connectivity index (χ2v) is 7.46. The molecule has 0 spiro atoms. The quantitative estimate of drug-likeness (QED) is 0.180. The summed E-state index contributed by atoms with van der Waals surface area (Å²) in [4.78, 5) is 24.4. The molecule has 0 atom stereocenters. The molecule has 5 N–H and O–H groups in total. The largest absolute Gasteiger partial charge is 0.494 e. The summed E-state index contributed by atoms with van der Waals surface area (Å²) >= 11 is 0. The maximum Gasteiger partial charge on any atom is 0.247 e. The molecule has 4 aromatic rings. The van der Waals surface area contributed by atoms with E-state index in [1.54, 1.807) is 19.4 Å². The zero-order chi connectivity index (χ0) is 23.9. The van der Waals surface area contributed by atoms with Gasteiger partial charge in [-0.1, -0.05) is 24.8 Å². The Bertz CT molecular complexity index is 1320. The van der Waals surface area contributed by atoms with Gasteiger partial charge >= 0.3 is 0 Å².